The summed E-state index contributed by atoms with van der Waals surface area (Å²) in [5, 5.41) is 9.07. The van der Waals surface area contributed by atoms with Gasteiger partial charge in [0.15, 0.2) is 0 Å². The predicted molar refractivity (Wildman–Crippen MR) is 170 cm³/mol. The fourth-order valence-corrected chi connectivity index (χ4v) is 5.15. The molecule has 1 unspecified atom stereocenters. The minimum atomic E-state index is -0.737. The molecule has 0 aromatic carbocycles. The summed E-state index contributed by atoms with van der Waals surface area (Å²) in [6.45, 7) is 8.53. The second-order valence-electron chi connectivity index (χ2n) is 11.9. The van der Waals surface area contributed by atoms with Crippen molar-refractivity contribution in [1.29, 1.82) is 0 Å². The molecule has 0 bridgehead atoms. The monoisotopic (exact) mass is 571 g/mol. The molecule has 0 aromatic heterocycles. The highest BCUT2D eigenvalue weighted by Gasteiger charge is 2.11. The van der Waals surface area contributed by atoms with Gasteiger partial charge in [0, 0.05) is 39.5 Å². The number of carboxylic acid groups (broad SMARTS) is 1. The molecule has 240 valence electrons. The number of carboxylic acids is 1. The van der Waals surface area contributed by atoms with E-state index in [0.29, 0.717) is 6.42 Å². The van der Waals surface area contributed by atoms with E-state index in [1.54, 1.807) is 0 Å². The van der Waals surface area contributed by atoms with Crippen LogP contribution in [0.1, 0.15) is 181 Å². The van der Waals surface area contributed by atoms with Gasteiger partial charge in [-0.1, -0.05) is 129 Å². The largest absolute Gasteiger partial charge is 0.481 e. The lowest BCUT2D eigenvalue weighted by atomic mass is 10.1. The molecular weight excluding hydrogens is 500 g/mol. The van der Waals surface area contributed by atoms with E-state index in [0.717, 1.165) is 65.1 Å². The van der Waals surface area contributed by atoms with Crippen LogP contribution in [0.5, 0.6) is 0 Å². The van der Waals surface area contributed by atoms with Crippen molar-refractivity contribution < 1.29 is 24.1 Å². The van der Waals surface area contributed by atoms with Crippen LogP contribution in [-0.2, 0) is 19.0 Å². The first-order valence-corrected chi connectivity index (χ1v) is 17.7. The summed E-state index contributed by atoms with van der Waals surface area (Å²) >= 11 is 0. The number of unbranched alkanes of at least 4 members (excludes halogenated alkanes) is 19. The molecule has 40 heavy (non-hydrogen) atoms. The van der Waals surface area contributed by atoms with E-state index in [1.165, 1.54) is 122 Å². The maximum absolute atomic E-state index is 11.0. The Morgan fingerprint density at radius 1 is 0.475 bits per heavy atom. The van der Waals surface area contributed by atoms with Gasteiger partial charge in [0.1, 0.15) is 0 Å². The maximum Gasteiger partial charge on any atom is 0.303 e. The SMILES string of the molecule is CCCCCCCCCCCCOCCCCOCCCC(CCC(=O)O)OCCCCCCCCCCCC. The molecule has 0 aliphatic carbocycles. The molecule has 5 heteroatoms. The van der Waals surface area contributed by atoms with Gasteiger partial charge in [-0.25, -0.2) is 0 Å². The molecule has 1 N–H and O–H groups in total. The first-order valence-electron chi connectivity index (χ1n) is 17.7. The van der Waals surface area contributed by atoms with Crippen LogP contribution in [0.3, 0.4) is 0 Å². The van der Waals surface area contributed by atoms with E-state index in [1.807, 2.05) is 0 Å². The number of rotatable bonds is 35. The molecule has 0 heterocycles. The topological polar surface area (TPSA) is 65.0 Å². The fraction of sp³-hybridized carbons (Fsp3) is 0.971. The predicted octanol–water partition coefficient (Wildman–Crippen LogP) is 10.7. The Morgan fingerprint density at radius 3 is 1.25 bits per heavy atom. The molecule has 0 amide bonds. The van der Waals surface area contributed by atoms with E-state index < -0.39 is 5.97 Å². The van der Waals surface area contributed by atoms with E-state index in [4.69, 9.17) is 19.3 Å². The minimum absolute atomic E-state index is 0.0393. The lowest BCUT2D eigenvalue weighted by Gasteiger charge is -2.17. The molecule has 1 atom stereocenters. The molecule has 0 saturated carbocycles. The van der Waals surface area contributed by atoms with Crippen molar-refractivity contribution in [3.05, 3.63) is 0 Å². The average molecular weight is 571 g/mol. The van der Waals surface area contributed by atoms with Crippen molar-refractivity contribution >= 4 is 5.97 Å². The molecule has 0 spiro atoms. The number of ether oxygens (including phenoxy) is 3. The Balaban J connectivity index is 3.52. The van der Waals surface area contributed by atoms with E-state index >= 15 is 0 Å². The summed E-state index contributed by atoms with van der Waals surface area (Å²) in [7, 11) is 0. The molecule has 0 fully saturated rings. The van der Waals surface area contributed by atoms with Gasteiger partial charge in [0.25, 0.3) is 0 Å². The Morgan fingerprint density at radius 2 is 0.825 bits per heavy atom. The number of carbonyl (C=O) groups is 1. The second-order valence-corrected chi connectivity index (χ2v) is 11.9. The Hall–Kier alpha value is -0.650. The molecule has 5 nitrogen and oxygen atoms in total. The molecule has 0 aliphatic rings. The minimum Gasteiger partial charge on any atom is -0.481 e. The van der Waals surface area contributed by atoms with Crippen molar-refractivity contribution in [1.82, 2.24) is 0 Å². The average Bonchev–Trinajstić information content (AvgIpc) is 2.95. The van der Waals surface area contributed by atoms with Gasteiger partial charge in [-0.15, -0.1) is 0 Å². The summed E-state index contributed by atoms with van der Waals surface area (Å²) in [6.07, 6.45) is 31.5. The summed E-state index contributed by atoms with van der Waals surface area (Å²) in [4.78, 5) is 11.0. The highest BCUT2D eigenvalue weighted by molar-refractivity contribution is 5.66. The van der Waals surface area contributed by atoms with Gasteiger partial charge in [-0.3, -0.25) is 4.79 Å². The Kier molecular flexibility index (Phi) is 34.0. The summed E-state index contributed by atoms with van der Waals surface area (Å²) in [5.74, 6) is -0.737. The van der Waals surface area contributed by atoms with Crippen molar-refractivity contribution in [3.63, 3.8) is 0 Å². The third-order valence-corrected chi connectivity index (χ3v) is 7.82. The first kappa shape index (κ1) is 39.4. The molecule has 0 aliphatic heterocycles. The zero-order valence-electron chi connectivity index (χ0n) is 27.1. The van der Waals surface area contributed by atoms with Crippen molar-refractivity contribution in [2.24, 2.45) is 0 Å². The molecule has 0 radical (unpaired) electrons. The summed E-state index contributed by atoms with van der Waals surface area (Å²) < 4.78 is 17.7. The Bertz CT molecular complexity index is 484. The van der Waals surface area contributed by atoms with Crippen LogP contribution in [0.25, 0.3) is 0 Å². The van der Waals surface area contributed by atoms with Gasteiger partial charge in [0.2, 0.25) is 0 Å². The first-order chi connectivity index (χ1) is 19.7. The highest BCUT2D eigenvalue weighted by atomic mass is 16.5. The zero-order valence-corrected chi connectivity index (χ0v) is 27.1. The standard InChI is InChI=1S/C35H70O5/c1-3-5-7-9-11-13-15-17-19-21-29-38-30-23-24-31-39-32-25-26-34(27-28-35(36)37)40-33-22-20-18-16-14-12-10-8-6-4-2/h34H,3-33H2,1-2H3,(H,36,37). The molecule has 0 rings (SSSR count). The second kappa shape index (κ2) is 34.6. The van der Waals surface area contributed by atoms with E-state index in [9.17, 15) is 4.79 Å². The van der Waals surface area contributed by atoms with E-state index in [2.05, 4.69) is 13.8 Å². The lowest BCUT2D eigenvalue weighted by molar-refractivity contribution is -0.137. The molecular formula is C35H70O5. The van der Waals surface area contributed by atoms with Gasteiger partial charge in [0.05, 0.1) is 6.10 Å². The zero-order chi connectivity index (χ0) is 29.2. The smallest absolute Gasteiger partial charge is 0.303 e. The lowest BCUT2D eigenvalue weighted by Crippen LogP contribution is -2.17. The van der Waals surface area contributed by atoms with Gasteiger partial charge in [-0.2, -0.15) is 0 Å². The number of hydrogen-bond donors (Lipinski definition) is 1. The number of aliphatic carboxylic acids is 1. The van der Waals surface area contributed by atoms with Crippen molar-refractivity contribution in [2.45, 2.75) is 187 Å². The fourth-order valence-electron chi connectivity index (χ4n) is 5.15. The summed E-state index contributed by atoms with van der Waals surface area (Å²) in [6, 6.07) is 0. The van der Waals surface area contributed by atoms with Crippen LogP contribution >= 0.6 is 0 Å². The quantitative estimate of drug-likeness (QED) is 0.0768. The van der Waals surface area contributed by atoms with E-state index in [-0.39, 0.29) is 12.5 Å². The highest BCUT2D eigenvalue weighted by Crippen LogP contribution is 2.14. The van der Waals surface area contributed by atoms with Crippen LogP contribution < -0.4 is 0 Å². The molecule has 0 aromatic rings. The van der Waals surface area contributed by atoms with Crippen LogP contribution in [0, 0.1) is 0 Å². The van der Waals surface area contributed by atoms with Gasteiger partial charge >= 0.3 is 5.97 Å². The van der Waals surface area contributed by atoms with Crippen LogP contribution in [0.2, 0.25) is 0 Å². The third-order valence-electron chi connectivity index (χ3n) is 7.82. The van der Waals surface area contributed by atoms with Gasteiger partial charge in [-0.05, 0) is 44.9 Å². The van der Waals surface area contributed by atoms with Crippen LogP contribution in [0.15, 0.2) is 0 Å². The summed E-state index contributed by atoms with van der Waals surface area (Å²) in [5.41, 5.74) is 0. The third kappa shape index (κ3) is 33.6. The van der Waals surface area contributed by atoms with Crippen LogP contribution in [-0.4, -0.2) is 50.2 Å². The van der Waals surface area contributed by atoms with Crippen LogP contribution in [0.4, 0.5) is 0 Å². The maximum atomic E-state index is 11.0. The van der Waals surface area contributed by atoms with Gasteiger partial charge < -0.3 is 19.3 Å². The normalized spacial score (nSPS) is 12.2. The molecule has 0 saturated heterocycles. The van der Waals surface area contributed by atoms with Crippen molar-refractivity contribution in [3.8, 4) is 0 Å². The number of hydrogen-bond acceptors (Lipinski definition) is 4. The Labute approximate surface area is 249 Å². The van der Waals surface area contributed by atoms with Crippen molar-refractivity contribution in [2.75, 3.05) is 33.0 Å².